The lowest BCUT2D eigenvalue weighted by molar-refractivity contribution is 0.299. The maximum absolute atomic E-state index is 13.4. The molecular weight excluding hydrogens is 267 g/mol. The molecule has 0 saturated carbocycles. The summed E-state index contributed by atoms with van der Waals surface area (Å²) in [6.07, 6.45) is 3.48. The molecule has 0 radical (unpaired) electrons. The van der Waals surface area contributed by atoms with Gasteiger partial charge in [-0.3, -0.25) is 4.98 Å². The van der Waals surface area contributed by atoms with Gasteiger partial charge >= 0.3 is 0 Å². The van der Waals surface area contributed by atoms with E-state index in [2.05, 4.69) is 31.1 Å². The molecule has 21 heavy (non-hydrogen) atoms. The van der Waals surface area contributed by atoms with Crippen LogP contribution in [0.4, 0.5) is 4.39 Å². The van der Waals surface area contributed by atoms with Crippen molar-refractivity contribution in [2.75, 3.05) is 0 Å². The van der Waals surface area contributed by atoms with E-state index in [9.17, 15) is 4.39 Å². The topological polar surface area (TPSA) is 34.1 Å². The van der Waals surface area contributed by atoms with Crippen molar-refractivity contribution in [3.8, 4) is 5.75 Å². The average molecular weight is 288 g/mol. The van der Waals surface area contributed by atoms with Gasteiger partial charge in [0.2, 0.25) is 0 Å². The van der Waals surface area contributed by atoms with E-state index in [1.54, 1.807) is 18.5 Å². The highest BCUT2D eigenvalue weighted by Gasteiger charge is 2.12. The van der Waals surface area contributed by atoms with E-state index < -0.39 is 0 Å². The Hall–Kier alpha value is -1.94. The highest BCUT2D eigenvalue weighted by atomic mass is 19.1. The molecule has 112 valence electrons. The molecule has 3 nitrogen and oxygen atoms in total. The predicted molar refractivity (Wildman–Crippen MR) is 81.6 cm³/mol. The van der Waals surface area contributed by atoms with Crippen LogP contribution < -0.4 is 10.1 Å². The fourth-order valence-corrected chi connectivity index (χ4v) is 1.83. The summed E-state index contributed by atoms with van der Waals surface area (Å²) in [4.78, 5) is 4.05. The van der Waals surface area contributed by atoms with Crippen LogP contribution in [0, 0.1) is 5.82 Å². The molecule has 4 heteroatoms. The molecular formula is C17H21FN2O. The first-order valence-corrected chi connectivity index (χ1v) is 6.99. The molecule has 0 atom stereocenters. The molecule has 0 amide bonds. The van der Waals surface area contributed by atoms with Crippen LogP contribution in [-0.4, -0.2) is 10.5 Å². The highest BCUT2D eigenvalue weighted by molar-refractivity contribution is 5.34. The van der Waals surface area contributed by atoms with Crippen LogP contribution in [0.25, 0.3) is 0 Å². The fourth-order valence-electron chi connectivity index (χ4n) is 1.83. The summed E-state index contributed by atoms with van der Waals surface area (Å²) in [6.45, 7) is 7.19. The van der Waals surface area contributed by atoms with Gasteiger partial charge in [-0.1, -0.05) is 6.07 Å². The molecule has 2 rings (SSSR count). The van der Waals surface area contributed by atoms with E-state index in [4.69, 9.17) is 4.74 Å². The van der Waals surface area contributed by atoms with Gasteiger partial charge < -0.3 is 10.1 Å². The summed E-state index contributed by atoms with van der Waals surface area (Å²) in [7, 11) is 0. The number of nitrogens with one attached hydrogen (secondary N) is 1. The van der Waals surface area contributed by atoms with Gasteiger partial charge in [0.05, 0.1) is 0 Å². The standard InChI is InChI=1S/C17H21FN2O/c1-17(2,3)20-11-14-9-15(18)6-7-16(14)21-12-13-5-4-8-19-10-13/h4-10,20H,11-12H2,1-3H3. The number of ether oxygens (including phenoxy) is 1. The van der Waals surface area contributed by atoms with Crippen molar-refractivity contribution in [3.63, 3.8) is 0 Å². The quantitative estimate of drug-likeness (QED) is 0.911. The Bertz CT molecular complexity index is 579. The van der Waals surface area contributed by atoms with Gasteiger partial charge in [0.15, 0.2) is 0 Å². The summed E-state index contributed by atoms with van der Waals surface area (Å²) < 4.78 is 19.2. The highest BCUT2D eigenvalue weighted by Crippen LogP contribution is 2.21. The Morgan fingerprint density at radius 1 is 1.24 bits per heavy atom. The Kier molecular flexibility index (Phi) is 4.91. The number of benzene rings is 1. The monoisotopic (exact) mass is 288 g/mol. The van der Waals surface area contributed by atoms with Crippen molar-refractivity contribution in [1.29, 1.82) is 0 Å². The Labute approximate surface area is 125 Å². The third kappa shape index (κ3) is 5.16. The summed E-state index contributed by atoms with van der Waals surface area (Å²) in [5.74, 6) is 0.437. The van der Waals surface area contributed by atoms with Crippen LogP contribution in [0.2, 0.25) is 0 Å². The van der Waals surface area contributed by atoms with Crippen LogP contribution in [-0.2, 0) is 13.2 Å². The molecule has 1 heterocycles. The number of nitrogens with zero attached hydrogens (tertiary/aromatic N) is 1. The first kappa shape index (κ1) is 15.4. The molecule has 0 aliphatic carbocycles. The van der Waals surface area contributed by atoms with E-state index in [-0.39, 0.29) is 11.4 Å². The van der Waals surface area contributed by atoms with Crippen LogP contribution in [0.5, 0.6) is 5.75 Å². The minimum atomic E-state index is -0.255. The molecule has 0 bridgehead atoms. The van der Waals surface area contributed by atoms with Crippen LogP contribution >= 0.6 is 0 Å². The molecule has 0 spiro atoms. The number of aromatic nitrogens is 1. The SMILES string of the molecule is CC(C)(C)NCc1cc(F)ccc1OCc1cccnc1. The van der Waals surface area contributed by atoms with Crippen LogP contribution in [0.3, 0.4) is 0 Å². The minimum absolute atomic E-state index is 0.0348. The van der Waals surface area contributed by atoms with E-state index in [0.717, 1.165) is 11.1 Å². The lowest BCUT2D eigenvalue weighted by Gasteiger charge is -2.21. The zero-order chi connectivity index (χ0) is 15.3. The smallest absolute Gasteiger partial charge is 0.124 e. The van der Waals surface area contributed by atoms with Crippen LogP contribution in [0.15, 0.2) is 42.7 Å². The molecule has 0 aliphatic heterocycles. The molecule has 1 N–H and O–H groups in total. The molecule has 2 aromatic rings. The molecule has 0 unspecified atom stereocenters. The number of halogens is 1. The van der Waals surface area contributed by atoms with E-state index in [1.165, 1.54) is 12.1 Å². The largest absolute Gasteiger partial charge is 0.489 e. The van der Waals surface area contributed by atoms with Crippen molar-refractivity contribution >= 4 is 0 Å². The normalized spacial score (nSPS) is 11.4. The number of rotatable bonds is 5. The Morgan fingerprint density at radius 2 is 2.05 bits per heavy atom. The second-order valence-electron chi connectivity index (χ2n) is 6.01. The fraction of sp³-hybridized carbons (Fsp3) is 0.353. The van der Waals surface area contributed by atoms with Crippen molar-refractivity contribution in [2.24, 2.45) is 0 Å². The predicted octanol–water partition coefficient (Wildman–Crippen LogP) is 3.69. The second-order valence-corrected chi connectivity index (χ2v) is 6.01. The van der Waals surface area contributed by atoms with Gasteiger partial charge in [-0.15, -0.1) is 0 Å². The molecule has 0 fully saturated rings. The average Bonchev–Trinajstić information content (AvgIpc) is 2.44. The van der Waals surface area contributed by atoms with Gasteiger partial charge in [0, 0.05) is 35.6 Å². The first-order valence-electron chi connectivity index (χ1n) is 6.99. The third-order valence-electron chi connectivity index (χ3n) is 2.95. The van der Waals surface area contributed by atoms with E-state index >= 15 is 0 Å². The van der Waals surface area contributed by atoms with Gasteiger partial charge in [0.25, 0.3) is 0 Å². The van der Waals surface area contributed by atoms with Crippen molar-refractivity contribution in [1.82, 2.24) is 10.3 Å². The molecule has 0 saturated heterocycles. The van der Waals surface area contributed by atoms with Crippen molar-refractivity contribution in [3.05, 3.63) is 59.7 Å². The summed E-state index contributed by atoms with van der Waals surface area (Å²) in [6, 6.07) is 8.41. The summed E-state index contributed by atoms with van der Waals surface area (Å²) in [5, 5.41) is 3.34. The molecule has 1 aromatic heterocycles. The third-order valence-corrected chi connectivity index (χ3v) is 2.95. The van der Waals surface area contributed by atoms with Crippen LogP contribution in [0.1, 0.15) is 31.9 Å². The zero-order valence-electron chi connectivity index (χ0n) is 12.7. The lowest BCUT2D eigenvalue weighted by Crippen LogP contribution is -2.35. The number of pyridine rings is 1. The maximum Gasteiger partial charge on any atom is 0.124 e. The maximum atomic E-state index is 13.4. The Balaban J connectivity index is 2.07. The lowest BCUT2D eigenvalue weighted by atomic mass is 10.1. The Morgan fingerprint density at radius 3 is 2.71 bits per heavy atom. The summed E-state index contributed by atoms with van der Waals surface area (Å²) in [5.41, 5.74) is 1.76. The van der Waals surface area contributed by atoms with Gasteiger partial charge in [-0.2, -0.15) is 0 Å². The molecule has 1 aromatic carbocycles. The first-order chi connectivity index (χ1) is 9.94. The second kappa shape index (κ2) is 6.68. The number of hydrogen-bond donors (Lipinski definition) is 1. The van der Waals surface area contributed by atoms with E-state index in [0.29, 0.717) is 18.9 Å². The van der Waals surface area contributed by atoms with Gasteiger partial charge in [0.1, 0.15) is 18.2 Å². The van der Waals surface area contributed by atoms with E-state index in [1.807, 2.05) is 12.1 Å². The van der Waals surface area contributed by atoms with Gasteiger partial charge in [-0.05, 0) is 45.0 Å². The summed E-state index contributed by atoms with van der Waals surface area (Å²) >= 11 is 0. The zero-order valence-corrected chi connectivity index (χ0v) is 12.7. The minimum Gasteiger partial charge on any atom is -0.489 e. The number of hydrogen-bond acceptors (Lipinski definition) is 3. The van der Waals surface area contributed by atoms with Gasteiger partial charge in [-0.25, -0.2) is 4.39 Å². The molecule has 0 aliphatic rings. The van der Waals surface area contributed by atoms with Crippen molar-refractivity contribution in [2.45, 2.75) is 39.5 Å². The van der Waals surface area contributed by atoms with Crippen molar-refractivity contribution < 1.29 is 9.13 Å².